The summed E-state index contributed by atoms with van der Waals surface area (Å²) < 4.78 is 5.20. The SMILES string of the molecule is COc1cc(C)ccc1NC(=O)NCCC(=O)N(C)C. The minimum absolute atomic E-state index is 0.0294. The molecule has 0 saturated carbocycles. The van der Waals surface area contributed by atoms with Crippen LogP contribution in [0.3, 0.4) is 0 Å². The number of urea groups is 1. The molecule has 0 spiro atoms. The molecule has 0 unspecified atom stereocenters. The smallest absolute Gasteiger partial charge is 0.319 e. The van der Waals surface area contributed by atoms with Crippen molar-refractivity contribution in [3.05, 3.63) is 23.8 Å². The molecule has 0 fully saturated rings. The molecule has 1 rings (SSSR count). The molecule has 6 heteroatoms. The van der Waals surface area contributed by atoms with E-state index in [1.54, 1.807) is 27.3 Å². The Morgan fingerprint density at radius 2 is 2.00 bits per heavy atom. The lowest BCUT2D eigenvalue weighted by Crippen LogP contribution is -2.33. The van der Waals surface area contributed by atoms with Gasteiger partial charge in [-0.05, 0) is 24.6 Å². The summed E-state index contributed by atoms with van der Waals surface area (Å²) >= 11 is 0. The van der Waals surface area contributed by atoms with Crippen LogP contribution in [0.15, 0.2) is 18.2 Å². The molecule has 1 aromatic carbocycles. The number of carbonyl (C=O) groups excluding carboxylic acids is 2. The number of anilines is 1. The van der Waals surface area contributed by atoms with Gasteiger partial charge in [-0.25, -0.2) is 4.79 Å². The van der Waals surface area contributed by atoms with Crippen molar-refractivity contribution in [3.8, 4) is 5.75 Å². The molecule has 0 aliphatic rings. The van der Waals surface area contributed by atoms with Gasteiger partial charge >= 0.3 is 6.03 Å². The van der Waals surface area contributed by atoms with Gasteiger partial charge in [-0.2, -0.15) is 0 Å². The third-order valence-corrected chi connectivity index (χ3v) is 2.73. The van der Waals surface area contributed by atoms with Crippen LogP contribution in [0.4, 0.5) is 10.5 Å². The first kappa shape index (κ1) is 15.8. The largest absolute Gasteiger partial charge is 0.495 e. The lowest BCUT2D eigenvalue weighted by molar-refractivity contribution is -0.128. The molecule has 3 amide bonds. The van der Waals surface area contributed by atoms with E-state index in [-0.39, 0.29) is 24.9 Å². The van der Waals surface area contributed by atoms with E-state index in [4.69, 9.17) is 4.74 Å². The summed E-state index contributed by atoms with van der Waals surface area (Å²) in [5, 5.41) is 5.32. The first-order valence-corrected chi connectivity index (χ1v) is 6.33. The van der Waals surface area contributed by atoms with Gasteiger partial charge in [0.05, 0.1) is 12.8 Å². The zero-order valence-electron chi connectivity index (χ0n) is 12.3. The predicted molar refractivity (Wildman–Crippen MR) is 78.1 cm³/mol. The van der Waals surface area contributed by atoms with Gasteiger partial charge in [0.15, 0.2) is 0 Å². The number of carbonyl (C=O) groups is 2. The molecule has 20 heavy (non-hydrogen) atoms. The van der Waals surface area contributed by atoms with Gasteiger partial charge in [-0.15, -0.1) is 0 Å². The topological polar surface area (TPSA) is 70.7 Å². The number of rotatable bonds is 5. The van der Waals surface area contributed by atoms with Crippen molar-refractivity contribution >= 4 is 17.6 Å². The maximum Gasteiger partial charge on any atom is 0.319 e. The van der Waals surface area contributed by atoms with Crippen LogP contribution in [0.2, 0.25) is 0 Å². The number of hydrogen-bond donors (Lipinski definition) is 2. The number of amides is 3. The lowest BCUT2D eigenvalue weighted by Gasteiger charge is -2.13. The molecule has 0 saturated heterocycles. The summed E-state index contributed by atoms with van der Waals surface area (Å²) in [6.07, 6.45) is 0.269. The van der Waals surface area contributed by atoms with E-state index < -0.39 is 0 Å². The molecule has 1 aromatic rings. The van der Waals surface area contributed by atoms with E-state index in [1.165, 1.54) is 4.90 Å². The van der Waals surface area contributed by atoms with Gasteiger partial charge in [0.2, 0.25) is 5.91 Å². The number of nitrogens with zero attached hydrogens (tertiary/aromatic N) is 1. The van der Waals surface area contributed by atoms with Crippen molar-refractivity contribution < 1.29 is 14.3 Å². The normalized spacial score (nSPS) is 9.80. The van der Waals surface area contributed by atoms with Gasteiger partial charge < -0.3 is 20.3 Å². The second kappa shape index (κ2) is 7.37. The Morgan fingerprint density at radius 3 is 2.60 bits per heavy atom. The summed E-state index contributed by atoms with van der Waals surface area (Å²) in [5.41, 5.74) is 1.64. The third kappa shape index (κ3) is 4.79. The molecule has 0 aromatic heterocycles. The Balaban J connectivity index is 2.48. The monoisotopic (exact) mass is 279 g/mol. The van der Waals surface area contributed by atoms with Gasteiger partial charge in [0.25, 0.3) is 0 Å². The van der Waals surface area contributed by atoms with E-state index in [1.807, 2.05) is 19.1 Å². The summed E-state index contributed by atoms with van der Waals surface area (Å²) in [6, 6.07) is 5.14. The highest BCUT2D eigenvalue weighted by molar-refractivity contribution is 5.91. The first-order valence-electron chi connectivity index (χ1n) is 6.33. The Kier molecular flexibility index (Phi) is 5.83. The predicted octanol–water partition coefficient (Wildman–Crippen LogP) is 1.60. The second-order valence-electron chi connectivity index (χ2n) is 4.62. The van der Waals surface area contributed by atoms with E-state index >= 15 is 0 Å². The fourth-order valence-electron chi connectivity index (χ4n) is 1.57. The molecule has 0 bridgehead atoms. The van der Waals surface area contributed by atoms with Crippen LogP contribution in [-0.4, -0.2) is 44.6 Å². The van der Waals surface area contributed by atoms with Crippen LogP contribution in [0.25, 0.3) is 0 Å². The van der Waals surface area contributed by atoms with Crippen molar-refractivity contribution in [2.45, 2.75) is 13.3 Å². The Bertz CT molecular complexity index is 487. The van der Waals surface area contributed by atoms with Crippen molar-refractivity contribution in [2.24, 2.45) is 0 Å². The first-order chi connectivity index (χ1) is 9.43. The molecular formula is C14H21N3O3. The molecule has 0 atom stereocenters. The van der Waals surface area contributed by atoms with Gasteiger partial charge in [-0.3, -0.25) is 4.79 Å². The number of methoxy groups -OCH3 is 1. The number of aryl methyl sites for hydroxylation is 1. The molecule has 6 nitrogen and oxygen atoms in total. The van der Waals surface area contributed by atoms with Crippen LogP contribution < -0.4 is 15.4 Å². The van der Waals surface area contributed by atoms with E-state index in [0.29, 0.717) is 11.4 Å². The average molecular weight is 279 g/mol. The molecular weight excluding hydrogens is 258 g/mol. The van der Waals surface area contributed by atoms with Crippen LogP contribution in [-0.2, 0) is 4.79 Å². The highest BCUT2D eigenvalue weighted by Crippen LogP contribution is 2.24. The van der Waals surface area contributed by atoms with E-state index in [2.05, 4.69) is 10.6 Å². The molecule has 110 valence electrons. The maximum atomic E-state index is 11.7. The Hall–Kier alpha value is -2.24. The third-order valence-electron chi connectivity index (χ3n) is 2.73. The lowest BCUT2D eigenvalue weighted by atomic mass is 10.2. The fraction of sp³-hybridized carbons (Fsp3) is 0.429. The highest BCUT2D eigenvalue weighted by Gasteiger charge is 2.08. The van der Waals surface area contributed by atoms with E-state index in [0.717, 1.165) is 5.56 Å². The highest BCUT2D eigenvalue weighted by atomic mass is 16.5. The van der Waals surface area contributed by atoms with Crippen molar-refractivity contribution in [1.82, 2.24) is 10.2 Å². The average Bonchev–Trinajstić information content (AvgIpc) is 2.40. The molecule has 0 aliphatic carbocycles. The summed E-state index contributed by atoms with van der Waals surface area (Å²) in [5.74, 6) is 0.572. The van der Waals surface area contributed by atoms with Gasteiger partial charge in [-0.1, -0.05) is 6.07 Å². The quantitative estimate of drug-likeness (QED) is 0.860. The Morgan fingerprint density at radius 1 is 1.30 bits per heavy atom. The summed E-state index contributed by atoms with van der Waals surface area (Å²) in [7, 11) is 4.91. The van der Waals surface area contributed by atoms with Crippen molar-refractivity contribution in [1.29, 1.82) is 0 Å². The van der Waals surface area contributed by atoms with Crippen molar-refractivity contribution in [3.63, 3.8) is 0 Å². The van der Waals surface area contributed by atoms with Gasteiger partial charge in [0, 0.05) is 27.1 Å². The number of nitrogens with one attached hydrogen (secondary N) is 2. The molecule has 0 heterocycles. The minimum atomic E-state index is -0.362. The number of hydrogen-bond acceptors (Lipinski definition) is 3. The summed E-state index contributed by atoms with van der Waals surface area (Å²) in [4.78, 5) is 24.6. The van der Waals surface area contributed by atoms with E-state index in [9.17, 15) is 9.59 Å². The molecule has 2 N–H and O–H groups in total. The second-order valence-corrected chi connectivity index (χ2v) is 4.62. The maximum absolute atomic E-state index is 11.7. The fourth-order valence-corrected chi connectivity index (χ4v) is 1.57. The molecule has 0 radical (unpaired) electrons. The Labute approximate surface area is 119 Å². The summed E-state index contributed by atoms with van der Waals surface area (Å²) in [6.45, 7) is 2.23. The number of benzene rings is 1. The van der Waals surface area contributed by atoms with Crippen LogP contribution in [0.1, 0.15) is 12.0 Å². The zero-order valence-corrected chi connectivity index (χ0v) is 12.3. The van der Waals surface area contributed by atoms with Crippen LogP contribution >= 0.6 is 0 Å². The van der Waals surface area contributed by atoms with Crippen LogP contribution in [0.5, 0.6) is 5.75 Å². The minimum Gasteiger partial charge on any atom is -0.495 e. The molecule has 0 aliphatic heterocycles. The number of ether oxygens (including phenoxy) is 1. The standard InChI is InChI=1S/C14H21N3O3/c1-10-5-6-11(12(9-10)20-4)16-14(19)15-8-7-13(18)17(2)3/h5-6,9H,7-8H2,1-4H3,(H2,15,16,19). The van der Waals surface area contributed by atoms with Crippen molar-refractivity contribution in [2.75, 3.05) is 33.1 Å². The van der Waals surface area contributed by atoms with Crippen LogP contribution in [0, 0.1) is 6.92 Å². The zero-order chi connectivity index (χ0) is 15.1. The van der Waals surface area contributed by atoms with Gasteiger partial charge in [0.1, 0.15) is 5.75 Å².